The molecule has 2 atom stereocenters. The van der Waals surface area contributed by atoms with Crippen LogP contribution in [0.2, 0.25) is 0 Å². The van der Waals surface area contributed by atoms with Gasteiger partial charge in [-0.2, -0.15) is 0 Å². The number of carbonyl (C=O) groups is 2. The van der Waals surface area contributed by atoms with Gasteiger partial charge in [0.15, 0.2) is 0 Å². The highest BCUT2D eigenvalue weighted by atomic mass is 16.2. The number of carbonyl (C=O) groups excluding carboxylic acids is 2. The lowest BCUT2D eigenvalue weighted by atomic mass is 10.0. The Bertz CT molecular complexity index is 556. The second-order valence-electron chi connectivity index (χ2n) is 5.15. The van der Waals surface area contributed by atoms with E-state index >= 15 is 0 Å². The highest BCUT2D eigenvalue weighted by Gasteiger charge is 2.40. The highest BCUT2D eigenvalue weighted by molar-refractivity contribution is 6.13. The van der Waals surface area contributed by atoms with Crippen LogP contribution in [0.1, 0.15) is 29.7 Å². The highest BCUT2D eigenvalue weighted by Crippen LogP contribution is 2.42. The number of rotatable bonds is 1. The minimum Gasteiger partial charge on any atom is -0.269 e. The number of amides is 2. The summed E-state index contributed by atoms with van der Waals surface area (Å²) >= 11 is 0. The molecule has 3 rings (SSSR count). The van der Waals surface area contributed by atoms with Gasteiger partial charge in [-0.05, 0) is 36.0 Å². The molecule has 0 saturated heterocycles. The van der Waals surface area contributed by atoms with Crippen molar-refractivity contribution in [3.63, 3.8) is 0 Å². The van der Waals surface area contributed by atoms with Crippen LogP contribution in [0.15, 0.2) is 30.4 Å². The van der Waals surface area contributed by atoms with Crippen molar-refractivity contribution in [1.82, 2.24) is 4.90 Å². The van der Waals surface area contributed by atoms with E-state index in [0.717, 1.165) is 12.0 Å². The fourth-order valence-electron chi connectivity index (χ4n) is 3.10. The summed E-state index contributed by atoms with van der Waals surface area (Å²) in [4.78, 5) is 25.1. The second-order valence-corrected chi connectivity index (χ2v) is 5.15. The molecule has 0 saturated carbocycles. The lowest BCUT2D eigenvalue weighted by Crippen LogP contribution is -2.35. The van der Waals surface area contributed by atoms with Crippen molar-refractivity contribution in [1.29, 1.82) is 0 Å². The third-order valence-corrected chi connectivity index (χ3v) is 3.95. The lowest BCUT2D eigenvalue weighted by Gasteiger charge is -2.26. The summed E-state index contributed by atoms with van der Waals surface area (Å²) in [6, 6.07) is 6.02. The molecule has 3 nitrogen and oxygen atoms in total. The summed E-state index contributed by atoms with van der Waals surface area (Å²) in [5, 5.41) is 0. The first-order chi connectivity index (χ1) is 8.59. The average Bonchev–Trinajstić information content (AvgIpc) is 2.81. The summed E-state index contributed by atoms with van der Waals surface area (Å²) in [5.74, 6) is -0.0914. The standard InChI is InChI=1S/C15H15NO2/c1-9-4-3-5-11-12(9)8-10(2)15(11)16-13(17)6-7-14(16)18/h3-7,10,15H,8H2,1-2H3/t10-,15-/m0/s1. The minimum atomic E-state index is -0.189. The monoisotopic (exact) mass is 241 g/mol. The van der Waals surface area contributed by atoms with Crippen molar-refractivity contribution in [2.24, 2.45) is 5.92 Å². The van der Waals surface area contributed by atoms with Crippen LogP contribution >= 0.6 is 0 Å². The smallest absolute Gasteiger partial charge is 0.254 e. The molecule has 1 aromatic carbocycles. The molecule has 0 N–H and O–H groups in total. The number of hydrogen-bond donors (Lipinski definition) is 0. The molecule has 0 fully saturated rings. The van der Waals surface area contributed by atoms with Gasteiger partial charge in [-0.25, -0.2) is 0 Å². The van der Waals surface area contributed by atoms with E-state index in [4.69, 9.17) is 0 Å². The third-order valence-electron chi connectivity index (χ3n) is 3.95. The van der Waals surface area contributed by atoms with E-state index < -0.39 is 0 Å². The van der Waals surface area contributed by atoms with Crippen molar-refractivity contribution in [3.8, 4) is 0 Å². The largest absolute Gasteiger partial charge is 0.269 e. The normalized spacial score (nSPS) is 26.0. The van der Waals surface area contributed by atoms with Crippen LogP contribution in [-0.4, -0.2) is 16.7 Å². The van der Waals surface area contributed by atoms with Crippen molar-refractivity contribution in [2.75, 3.05) is 0 Å². The van der Waals surface area contributed by atoms with Gasteiger partial charge in [0.25, 0.3) is 11.8 Å². The van der Waals surface area contributed by atoms with E-state index in [1.54, 1.807) is 0 Å². The molecule has 1 heterocycles. The zero-order valence-electron chi connectivity index (χ0n) is 10.5. The number of hydrogen-bond acceptors (Lipinski definition) is 2. The number of fused-ring (bicyclic) bond motifs is 1. The molecule has 1 aliphatic carbocycles. The summed E-state index contributed by atoms with van der Waals surface area (Å²) < 4.78 is 0. The van der Waals surface area contributed by atoms with Gasteiger partial charge < -0.3 is 0 Å². The predicted molar refractivity (Wildman–Crippen MR) is 67.8 cm³/mol. The van der Waals surface area contributed by atoms with Crippen molar-refractivity contribution >= 4 is 11.8 Å². The van der Waals surface area contributed by atoms with Gasteiger partial charge >= 0.3 is 0 Å². The first-order valence-electron chi connectivity index (χ1n) is 6.23. The molecular formula is C15H15NO2. The van der Waals surface area contributed by atoms with Crippen molar-refractivity contribution in [3.05, 3.63) is 47.0 Å². The zero-order chi connectivity index (χ0) is 12.9. The van der Waals surface area contributed by atoms with E-state index in [0.29, 0.717) is 0 Å². The predicted octanol–water partition coefficient (Wildman–Crippen LogP) is 2.15. The molecule has 0 aromatic heterocycles. The third kappa shape index (κ3) is 1.43. The fraction of sp³-hybridized carbons (Fsp3) is 0.333. The van der Waals surface area contributed by atoms with Crippen LogP contribution in [-0.2, 0) is 16.0 Å². The maximum atomic E-state index is 11.8. The van der Waals surface area contributed by atoms with Crippen LogP contribution < -0.4 is 0 Å². The van der Waals surface area contributed by atoms with Gasteiger partial charge in [-0.3, -0.25) is 14.5 Å². The van der Waals surface area contributed by atoms with Gasteiger partial charge in [0, 0.05) is 12.2 Å². The van der Waals surface area contributed by atoms with Crippen LogP contribution in [0, 0.1) is 12.8 Å². The number of nitrogens with zero attached hydrogens (tertiary/aromatic N) is 1. The first-order valence-corrected chi connectivity index (χ1v) is 6.23. The van der Waals surface area contributed by atoms with Gasteiger partial charge in [0.2, 0.25) is 0 Å². The molecule has 2 aliphatic rings. The molecular weight excluding hydrogens is 226 g/mol. The van der Waals surface area contributed by atoms with Gasteiger partial charge in [0.1, 0.15) is 0 Å². The van der Waals surface area contributed by atoms with Gasteiger partial charge in [0.05, 0.1) is 6.04 Å². The van der Waals surface area contributed by atoms with Crippen LogP contribution in [0.4, 0.5) is 0 Å². The van der Waals surface area contributed by atoms with E-state index in [1.807, 2.05) is 12.1 Å². The van der Waals surface area contributed by atoms with Crippen LogP contribution in [0.3, 0.4) is 0 Å². The first kappa shape index (κ1) is 11.2. The fourth-order valence-corrected chi connectivity index (χ4v) is 3.10. The van der Waals surface area contributed by atoms with Crippen LogP contribution in [0.25, 0.3) is 0 Å². The minimum absolute atomic E-state index is 0.102. The lowest BCUT2D eigenvalue weighted by molar-refractivity contribution is -0.140. The molecule has 1 aromatic rings. The van der Waals surface area contributed by atoms with Crippen molar-refractivity contribution in [2.45, 2.75) is 26.3 Å². The van der Waals surface area contributed by atoms with Crippen LogP contribution in [0.5, 0.6) is 0 Å². The molecule has 3 heteroatoms. The topological polar surface area (TPSA) is 37.4 Å². The summed E-state index contributed by atoms with van der Waals surface area (Å²) in [5.41, 5.74) is 3.67. The molecule has 1 aliphatic heterocycles. The Morgan fingerprint density at radius 1 is 1.17 bits per heavy atom. The molecule has 18 heavy (non-hydrogen) atoms. The summed E-state index contributed by atoms with van der Waals surface area (Å²) in [6.07, 6.45) is 3.66. The average molecular weight is 241 g/mol. The Kier molecular flexibility index (Phi) is 2.37. The molecule has 0 unspecified atom stereocenters. The molecule has 0 bridgehead atoms. The van der Waals surface area contributed by atoms with E-state index in [1.165, 1.54) is 28.2 Å². The second kappa shape index (κ2) is 3.80. The molecule has 2 amide bonds. The molecule has 0 radical (unpaired) electrons. The van der Waals surface area contributed by atoms with E-state index in [2.05, 4.69) is 19.9 Å². The summed E-state index contributed by atoms with van der Waals surface area (Å²) in [7, 11) is 0. The SMILES string of the molecule is Cc1cccc2c1C[C@H](C)[C@@H]2N1C(=O)C=CC1=O. The maximum Gasteiger partial charge on any atom is 0.254 e. The number of aryl methyl sites for hydroxylation is 1. The van der Waals surface area contributed by atoms with Gasteiger partial charge in [-0.1, -0.05) is 25.1 Å². The van der Waals surface area contributed by atoms with E-state index in [-0.39, 0.29) is 23.8 Å². The molecule has 0 spiro atoms. The van der Waals surface area contributed by atoms with E-state index in [9.17, 15) is 9.59 Å². The Morgan fingerprint density at radius 3 is 2.50 bits per heavy atom. The van der Waals surface area contributed by atoms with Gasteiger partial charge in [-0.15, -0.1) is 0 Å². The summed E-state index contributed by atoms with van der Waals surface area (Å²) in [6.45, 7) is 4.18. The molecule has 92 valence electrons. The Hall–Kier alpha value is -1.90. The number of benzene rings is 1. The maximum absolute atomic E-state index is 11.8. The Balaban J connectivity index is 2.07. The zero-order valence-corrected chi connectivity index (χ0v) is 10.5. The van der Waals surface area contributed by atoms with Crippen molar-refractivity contribution < 1.29 is 9.59 Å². The Morgan fingerprint density at radius 2 is 1.83 bits per heavy atom. The Labute approximate surface area is 106 Å². The number of imide groups is 1. The quantitative estimate of drug-likeness (QED) is 0.706.